The zero-order valence-electron chi connectivity index (χ0n) is 8.74. The van der Waals surface area contributed by atoms with E-state index in [0.717, 1.165) is 0 Å². The van der Waals surface area contributed by atoms with E-state index in [-0.39, 0.29) is 19.1 Å². The minimum Gasteiger partial charge on any atom is -0.423 e. The topological polar surface area (TPSA) is 44.8 Å². The summed E-state index contributed by atoms with van der Waals surface area (Å²) in [4.78, 5) is 0. The first-order chi connectivity index (χ1) is 7.72. The van der Waals surface area contributed by atoms with Crippen LogP contribution < -0.4 is 4.52 Å². The molecule has 1 aromatic rings. The predicted molar refractivity (Wildman–Crippen MR) is 60.9 cm³/mol. The molecule has 2 rings (SSSR count). The maximum absolute atomic E-state index is 12.1. The molecule has 0 N–H and O–H groups in total. The van der Waals surface area contributed by atoms with Gasteiger partial charge in [0.1, 0.15) is 5.75 Å². The van der Waals surface area contributed by atoms with E-state index in [1.54, 1.807) is 24.3 Å². The molecule has 2 radical (unpaired) electrons. The van der Waals surface area contributed by atoms with Gasteiger partial charge in [0.25, 0.3) is 0 Å². The Hall–Kier alpha value is -0.765. The highest BCUT2D eigenvalue weighted by atomic mass is 31.2. The van der Waals surface area contributed by atoms with E-state index in [0.29, 0.717) is 12.1 Å². The van der Waals surface area contributed by atoms with Crippen LogP contribution in [0.25, 0.3) is 0 Å². The number of hydrogen-bond acceptors (Lipinski definition) is 4. The molecule has 0 aliphatic carbocycles. The van der Waals surface area contributed by atoms with Crippen LogP contribution >= 0.6 is 7.60 Å². The van der Waals surface area contributed by atoms with Gasteiger partial charge in [-0.3, -0.25) is 4.52 Å². The highest BCUT2D eigenvalue weighted by molar-refractivity contribution is 7.54. The van der Waals surface area contributed by atoms with Crippen LogP contribution in [0.1, 0.15) is 0 Å². The average molecular weight is 238 g/mol. The Morgan fingerprint density at radius 1 is 1.44 bits per heavy atom. The summed E-state index contributed by atoms with van der Waals surface area (Å²) in [5.41, 5.74) is 0. The van der Waals surface area contributed by atoms with E-state index >= 15 is 0 Å². The molecule has 84 valence electrons. The first-order valence-corrected chi connectivity index (χ1v) is 6.74. The van der Waals surface area contributed by atoms with Crippen LogP contribution in [0, 0.1) is 0 Å². The zero-order chi connectivity index (χ0) is 11.4. The lowest BCUT2D eigenvalue weighted by Gasteiger charge is -2.28. The number of benzene rings is 1. The van der Waals surface area contributed by atoms with Crippen molar-refractivity contribution in [3.8, 4) is 5.75 Å². The summed E-state index contributed by atoms with van der Waals surface area (Å²) in [6.07, 6.45) is 0.108. The molecule has 0 amide bonds. The normalized spacial score (nSPS) is 29.9. The highest BCUT2D eigenvalue weighted by Crippen LogP contribution is 2.50. The second kappa shape index (κ2) is 5.04. The molecule has 6 heteroatoms. The molecule has 1 aliphatic rings. The second-order valence-electron chi connectivity index (χ2n) is 3.46. The van der Waals surface area contributed by atoms with Crippen molar-refractivity contribution in [3.05, 3.63) is 30.3 Å². The van der Waals surface area contributed by atoms with Crippen molar-refractivity contribution in [3.63, 3.8) is 0 Å². The van der Waals surface area contributed by atoms with Crippen LogP contribution in [0.4, 0.5) is 0 Å². The standard InChI is InChI=1S/C10H12BO4P/c11-6-10-7-14-16(12,8-13-10)15-9-4-2-1-3-5-9/h1-5,10H,6-8H2/t10-,16+/m0/s1. The van der Waals surface area contributed by atoms with Gasteiger partial charge in [-0.05, 0) is 12.1 Å². The van der Waals surface area contributed by atoms with Crippen LogP contribution in [0.2, 0.25) is 6.32 Å². The fourth-order valence-electron chi connectivity index (χ4n) is 1.31. The van der Waals surface area contributed by atoms with Gasteiger partial charge in [-0.15, -0.1) is 0 Å². The van der Waals surface area contributed by atoms with Crippen LogP contribution in [0.5, 0.6) is 5.75 Å². The smallest absolute Gasteiger partial charge is 0.404 e. The fourth-order valence-corrected chi connectivity index (χ4v) is 2.72. The Bertz CT molecular complexity index is 372. The van der Waals surface area contributed by atoms with E-state index in [9.17, 15) is 4.57 Å². The maximum Gasteiger partial charge on any atom is 0.404 e. The van der Waals surface area contributed by atoms with Crippen LogP contribution in [0.15, 0.2) is 30.3 Å². The molecule has 0 bridgehead atoms. The van der Waals surface area contributed by atoms with E-state index in [1.165, 1.54) is 0 Å². The molecule has 0 saturated carbocycles. The summed E-state index contributed by atoms with van der Waals surface area (Å²) in [7, 11) is 2.25. The molecule has 4 nitrogen and oxygen atoms in total. The summed E-state index contributed by atoms with van der Waals surface area (Å²) >= 11 is 0. The lowest BCUT2D eigenvalue weighted by atomic mass is 10.0. The van der Waals surface area contributed by atoms with Crippen molar-refractivity contribution in [2.75, 3.05) is 13.0 Å². The molecule has 16 heavy (non-hydrogen) atoms. The first kappa shape index (κ1) is 11.7. The summed E-state index contributed by atoms with van der Waals surface area (Å²) in [5, 5.41) is 0. The average Bonchev–Trinajstić information content (AvgIpc) is 2.31. The highest BCUT2D eigenvalue weighted by Gasteiger charge is 2.33. The molecule has 1 heterocycles. The lowest BCUT2D eigenvalue weighted by molar-refractivity contribution is 0.0142. The van der Waals surface area contributed by atoms with Gasteiger partial charge in [-0.2, -0.15) is 0 Å². The third kappa shape index (κ3) is 2.88. The maximum atomic E-state index is 12.1. The summed E-state index contributed by atoms with van der Waals surface area (Å²) < 4.78 is 27.8. The van der Waals surface area contributed by atoms with Gasteiger partial charge >= 0.3 is 7.60 Å². The van der Waals surface area contributed by atoms with E-state index < -0.39 is 7.60 Å². The monoisotopic (exact) mass is 238 g/mol. The Balaban J connectivity index is 1.98. The van der Waals surface area contributed by atoms with Gasteiger partial charge in [0.15, 0.2) is 6.35 Å². The molecule has 1 aromatic carbocycles. The van der Waals surface area contributed by atoms with Crippen LogP contribution in [-0.2, 0) is 13.8 Å². The van der Waals surface area contributed by atoms with Crippen LogP contribution in [-0.4, -0.2) is 26.9 Å². The molecular formula is C10H12BO4P. The molecule has 1 aliphatic heterocycles. The van der Waals surface area contributed by atoms with Gasteiger partial charge in [0.2, 0.25) is 0 Å². The fraction of sp³-hybridized carbons (Fsp3) is 0.400. The first-order valence-electron chi connectivity index (χ1n) is 5.02. The van der Waals surface area contributed by atoms with Gasteiger partial charge < -0.3 is 9.26 Å². The molecule has 0 unspecified atom stereocenters. The van der Waals surface area contributed by atoms with Gasteiger partial charge in [-0.25, -0.2) is 4.57 Å². The summed E-state index contributed by atoms with van der Waals surface area (Å²) in [5.74, 6) is 0.514. The van der Waals surface area contributed by atoms with Crippen molar-refractivity contribution in [1.82, 2.24) is 0 Å². The summed E-state index contributed by atoms with van der Waals surface area (Å²) in [6, 6.07) is 8.89. The number of rotatable bonds is 3. The SMILES string of the molecule is [B]C[C@H]1CO[P@@](=O)(Oc2ccccc2)CO1. The van der Waals surface area contributed by atoms with Gasteiger partial charge in [0.05, 0.1) is 20.6 Å². The Labute approximate surface area is 95.8 Å². The van der Waals surface area contributed by atoms with Gasteiger partial charge in [-0.1, -0.05) is 24.5 Å². The number of para-hydroxylation sites is 1. The molecule has 1 fully saturated rings. The van der Waals surface area contributed by atoms with Crippen molar-refractivity contribution >= 4 is 15.4 Å². The number of hydrogen-bond donors (Lipinski definition) is 0. The zero-order valence-corrected chi connectivity index (χ0v) is 9.64. The third-order valence-corrected chi connectivity index (χ3v) is 3.67. The predicted octanol–water partition coefficient (Wildman–Crippen LogP) is 2.22. The van der Waals surface area contributed by atoms with Crippen LogP contribution in [0.3, 0.4) is 0 Å². The summed E-state index contributed by atoms with van der Waals surface area (Å²) in [6.45, 7) is 0.209. The molecular weight excluding hydrogens is 226 g/mol. The molecule has 2 atom stereocenters. The molecule has 0 spiro atoms. The Morgan fingerprint density at radius 2 is 2.19 bits per heavy atom. The number of ether oxygens (including phenoxy) is 1. The van der Waals surface area contributed by atoms with Crippen molar-refractivity contribution in [2.24, 2.45) is 0 Å². The minimum atomic E-state index is -3.16. The second-order valence-corrected chi connectivity index (χ2v) is 5.39. The Morgan fingerprint density at radius 3 is 2.75 bits per heavy atom. The third-order valence-electron chi connectivity index (χ3n) is 2.18. The van der Waals surface area contributed by atoms with E-state index in [1.807, 2.05) is 6.07 Å². The molecule has 0 aromatic heterocycles. The lowest BCUT2D eigenvalue weighted by Crippen LogP contribution is -2.26. The van der Waals surface area contributed by atoms with Gasteiger partial charge in [0, 0.05) is 0 Å². The van der Waals surface area contributed by atoms with E-state index in [4.69, 9.17) is 21.6 Å². The van der Waals surface area contributed by atoms with E-state index in [2.05, 4.69) is 0 Å². The largest absolute Gasteiger partial charge is 0.423 e. The van der Waals surface area contributed by atoms with Crippen molar-refractivity contribution in [2.45, 2.75) is 12.4 Å². The van der Waals surface area contributed by atoms with Crippen molar-refractivity contribution in [1.29, 1.82) is 0 Å². The minimum absolute atomic E-state index is 0.0518. The quantitative estimate of drug-likeness (QED) is 0.598. The molecule has 1 saturated heterocycles. The Kier molecular flexibility index (Phi) is 3.69. The van der Waals surface area contributed by atoms with Crippen molar-refractivity contribution < 1.29 is 18.3 Å².